The number of sulfone groups is 1. The number of alkyl halides is 3. The van der Waals surface area contributed by atoms with Crippen molar-refractivity contribution in [1.82, 2.24) is 10.3 Å². The maximum absolute atomic E-state index is 12.9. The second kappa shape index (κ2) is 6.37. The van der Waals surface area contributed by atoms with Crippen LogP contribution >= 0.6 is 0 Å². The number of carbonyl (C=O) groups is 1. The summed E-state index contributed by atoms with van der Waals surface area (Å²) in [6, 6.07) is 12.2. The summed E-state index contributed by atoms with van der Waals surface area (Å²) in [4.78, 5) is 14.1. The summed E-state index contributed by atoms with van der Waals surface area (Å²) < 4.78 is 63.3. The number of nitrogens with one attached hydrogen (secondary N) is 2. The zero-order valence-corrected chi connectivity index (χ0v) is 15.2. The van der Waals surface area contributed by atoms with Gasteiger partial charge >= 0.3 is 12.1 Å². The summed E-state index contributed by atoms with van der Waals surface area (Å²) in [6.45, 7) is 0. The fourth-order valence-corrected chi connectivity index (χ4v) is 4.79. The lowest BCUT2D eigenvalue weighted by Gasteiger charge is -2.15. The number of carbonyl (C=O) groups excluding carboxylic acids is 1. The van der Waals surface area contributed by atoms with E-state index in [2.05, 4.69) is 4.98 Å². The standard InChI is InChI=1S/C19H15F3N2O3S/c20-19(21,22)18(25)24-16-8-5-11-9-13(6-7-14(11)16)28(26,27)17-10-12-3-1-2-4-15(12)23-17/h1-4,6-7,9-10,16,23H,5,8H2,(H,24,25). The highest BCUT2D eigenvalue weighted by Crippen LogP contribution is 2.35. The van der Waals surface area contributed by atoms with Crippen LogP contribution in [0, 0.1) is 0 Å². The molecule has 0 bridgehead atoms. The Morgan fingerprint density at radius 1 is 1.11 bits per heavy atom. The van der Waals surface area contributed by atoms with Crippen molar-refractivity contribution in [3.63, 3.8) is 0 Å². The first-order chi connectivity index (χ1) is 13.2. The fourth-order valence-electron chi connectivity index (χ4n) is 3.47. The molecule has 1 aliphatic rings. The minimum Gasteiger partial charge on any atom is -0.345 e. The number of hydrogen-bond donors (Lipinski definition) is 2. The van der Waals surface area contributed by atoms with Crippen molar-refractivity contribution >= 4 is 26.6 Å². The highest BCUT2D eigenvalue weighted by Gasteiger charge is 2.41. The van der Waals surface area contributed by atoms with Crippen LogP contribution < -0.4 is 5.32 Å². The molecule has 0 saturated carbocycles. The van der Waals surface area contributed by atoms with Crippen LogP contribution in [-0.4, -0.2) is 25.5 Å². The highest BCUT2D eigenvalue weighted by molar-refractivity contribution is 7.91. The van der Waals surface area contributed by atoms with E-state index >= 15 is 0 Å². The maximum Gasteiger partial charge on any atom is 0.471 e. The average Bonchev–Trinajstić information content (AvgIpc) is 3.25. The van der Waals surface area contributed by atoms with Gasteiger partial charge in [-0.25, -0.2) is 8.42 Å². The van der Waals surface area contributed by atoms with Gasteiger partial charge in [0.05, 0.1) is 10.9 Å². The van der Waals surface area contributed by atoms with E-state index in [1.165, 1.54) is 18.2 Å². The average molecular weight is 408 g/mol. The Hall–Kier alpha value is -2.81. The van der Waals surface area contributed by atoms with Gasteiger partial charge in [0.15, 0.2) is 0 Å². The number of aryl methyl sites for hydroxylation is 1. The number of rotatable bonds is 3. The molecule has 9 heteroatoms. The van der Waals surface area contributed by atoms with E-state index in [4.69, 9.17) is 0 Å². The van der Waals surface area contributed by atoms with Gasteiger partial charge in [0, 0.05) is 10.9 Å². The SMILES string of the molecule is O=C(NC1CCc2cc(S(=O)(=O)c3cc4ccccc4[nH]3)ccc21)C(F)(F)F. The summed E-state index contributed by atoms with van der Waals surface area (Å²) >= 11 is 0. The monoisotopic (exact) mass is 408 g/mol. The third-order valence-corrected chi connectivity index (χ3v) is 6.53. The van der Waals surface area contributed by atoms with Gasteiger partial charge in [0.25, 0.3) is 0 Å². The number of H-pyrrole nitrogens is 1. The number of aromatic nitrogens is 1. The van der Waals surface area contributed by atoms with Crippen LogP contribution in [0.4, 0.5) is 13.2 Å². The zero-order valence-electron chi connectivity index (χ0n) is 14.4. The third-order valence-electron chi connectivity index (χ3n) is 4.86. The number of fused-ring (bicyclic) bond motifs is 2. The van der Waals surface area contributed by atoms with Crippen LogP contribution in [0.5, 0.6) is 0 Å². The molecule has 1 unspecified atom stereocenters. The van der Waals surface area contributed by atoms with Crippen molar-refractivity contribution in [1.29, 1.82) is 0 Å². The van der Waals surface area contributed by atoms with Gasteiger partial charge in [0.2, 0.25) is 9.84 Å². The zero-order chi connectivity index (χ0) is 20.1. The Balaban J connectivity index is 1.65. The summed E-state index contributed by atoms with van der Waals surface area (Å²) in [7, 11) is -3.81. The number of hydrogen-bond acceptors (Lipinski definition) is 3. The second-order valence-electron chi connectivity index (χ2n) is 6.65. The second-order valence-corrected chi connectivity index (χ2v) is 8.57. The molecule has 0 saturated heterocycles. The van der Waals surface area contributed by atoms with Crippen molar-refractivity contribution in [3.05, 3.63) is 59.7 Å². The third kappa shape index (κ3) is 3.15. The van der Waals surface area contributed by atoms with E-state index in [1.807, 2.05) is 5.32 Å². The van der Waals surface area contributed by atoms with Crippen LogP contribution in [0.1, 0.15) is 23.6 Å². The van der Waals surface area contributed by atoms with E-state index in [0.717, 1.165) is 5.39 Å². The van der Waals surface area contributed by atoms with Gasteiger partial charge in [-0.3, -0.25) is 4.79 Å². The van der Waals surface area contributed by atoms with Crippen molar-refractivity contribution in [2.45, 2.75) is 35.0 Å². The van der Waals surface area contributed by atoms with Crippen molar-refractivity contribution in [2.75, 3.05) is 0 Å². The molecule has 1 aromatic heterocycles. The molecule has 1 atom stereocenters. The van der Waals surface area contributed by atoms with Crippen LogP contribution in [0.25, 0.3) is 10.9 Å². The van der Waals surface area contributed by atoms with Gasteiger partial charge in [-0.15, -0.1) is 0 Å². The van der Waals surface area contributed by atoms with E-state index in [9.17, 15) is 26.4 Å². The molecule has 2 aromatic carbocycles. The lowest BCUT2D eigenvalue weighted by molar-refractivity contribution is -0.174. The minimum absolute atomic E-state index is 0.0496. The topological polar surface area (TPSA) is 79.0 Å². The summed E-state index contributed by atoms with van der Waals surface area (Å²) in [5.41, 5.74) is 1.81. The molecular weight excluding hydrogens is 393 g/mol. The van der Waals surface area contributed by atoms with E-state index in [-0.39, 0.29) is 16.3 Å². The molecule has 28 heavy (non-hydrogen) atoms. The molecule has 2 N–H and O–H groups in total. The quantitative estimate of drug-likeness (QED) is 0.694. The van der Waals surface area contributed by atoms with Crippen molar-refractivity contribution in [3.8, 4) is 0 Å². The molecule has 1 aliphatic carbocycles. The molecule has 0 spiro atoms. The molecule has 5 nitrogen and oxygen atoms in total. The molecule has 0 radical (unpaired) electrons. The van der Waals surface area contributed by atoms with Crippen LogP contribution in [0.15, 0.2) is 58.5 Å². The number of aromatic amines is 1. The van der Waals surface area contributed by atoms with E-state index in [0.29, 0.717) is 23.1 Å². The number of amides is 1. The van der Waals surface area contributed by atoms with Gasteiger partial charge in [-0.05, 0) is 48.2 Å². The molecular formula is C19H15F3N2O3S. The van der Waals surface area contributed by atoms with Gasteiger partial charge in [0.1, 0.15) is 5.03 Å². The molecule has 1 amide bonds. The van der Waals surface area contributed by atoms with Gasteiger partial charge in [-0.1, -0.05) is 24.3 Å². The van der Waals surface area contributed by atoms with Crippen LogP contribution in [-0.2, 0) is 21.1 Å². The molecule has 1 heterocycles. The lowest BCUT2D eigenvalue weighted by atomic mass is 10.1. The molecule has 3 aromatic rings. The van der Waals surface area contributed by atoms with E-state index < -0.39 is 28.0 Å². The first kappa shape index (κ1) is 18.5. The van der Waals surface area contributed by atoms with Crippen LogP contribution in [0.3, 0.4) is 0 Å². The predicted molar refractivity (Wildman–Crippen MR) is 95.5 cm³/mol. The van der Waals surface area contributed by atoms with Crippen molar-refractivity contribution < 1.29 is 26.4 Å². The smallest absolute Gasteiger partial charge is 0.345 e. The summed E-state index contributed by atoms with van der Waals surface area (Å²) in [6.07, 6.45) is -4.29. The summed E-state index contributed by atoms with van der Waals surface area (Å²) in [5.74, 6) is -2.00. The predicted octanol–water partition coefficient (Wildman–Crippen LogP) is 3.67. The fraction of sp³-hybridized carbons (Fsp3) is 0.211. The Labute approximate surface area is 158 Å². The maximum atomic E-state index is 12.9. The first-order valence-corrected chi connectivity index (χ1v) is 9.98. The molecule has 0 aliphatic heterocycles. The Bertz CT molecular complexity index is 1150. The Kier molecular flexibility index (Phi) is 4.22. The summed E-state index contributed by atoms with van der Waals surface area (Å²) in [5, 5.41) is 2.77. The van der Waals surface area contributed by atoms with E-state index in [1.54, 1.807) is 30.3 Å². The Morgan fingerprint density at radius 2 is 1.86 bits per heavy atom. The number of benzene rings is 2. The lowest BCUT2D eigenvalue weighted by Crippen LogP contribution is -2.38. The molecule has 146 valence electrons. The Morgan fingerprint density at radius 3 is 2.57 bits per heavy atom. The first-order valence-electron chi connectivity index (χ1n) is 8.49. The number of para-hydroxylation sites is 1. The molecule has 0 fully saturated rings. The largest absolute Gasteiger partial charge is 0.471 e. The number of halogens is 3. The minimum atomic E-state index is -4.96. The van der Waals surface area contributed by atoms with Crippen molar-refractivity contribution in [2.24, 2.45) is 0 Å². The highest BCUT2D eigenvalue weighted by atomic mass is 32.2. The van der Waals surface area contributed by atoms with Crippen LogP contribution in [0.2, 0.25) is 0 Å². The molecule has 4 rings (SSSR count). The van der Waals surface area contributed by atoms with Gasteiger partial charge < -0.3 is 10.3 Å². The normalized spacial score (nSPS) is 16.9. The van der Waals surface area contributed by atoms with Gasteiger partial charge in [-0.2, -0.15) is 13.2 Å².